The van der Waals surface area contributed by atoms with Crippen molar-refractivity contribution in [1.82, 2.24) is 15.5 Å². The summed E-state index contributed by atoms with van der Waals surface area (Å²) in [6.07, 6.45) is 1.04. The molecule has 0 saturated heterocycles. The molecule has 0 saturated carbocycles. The fourth-order valence-corrected chi connectivity index (χ4v) is 1.10. The maximum absolute atomic E-state index is 5.37. The van der Waals surface area contributed by atoms with Crippen molar-refractivity contribution in [3.8, 4) is 0 Å². The van der Waals surface area contributed by atoms with Crippen LogP contribution in [0.15, 0.2) is 4.42 Å². The van der Waals surface area contributed by atoms with E-state index in [1.54, 1.807) is 0 Å². The first-order valence-electron chi connectivity index (χ1n) is 5.49. The zero-order valence-electron chi connectivity index (χ0n) is 9.71. The molecule has 0 bridgehead atoms. The summed E-state index contributed by atoms with van der Waals surface area (Å²) in [5.74, 6) is 1.26. The molecule has 1 heterocycles. The van der Waals surface area contributed by atoms with Crippen LogP contribution in [0.2, 0.25) is 0 Å². The van der Waals surface area contributed by atoms with Crippen molar-refractivity contribution in [3.05, 3.63) is 5.89 Å². The third kappa shape index (κ3) is 4.78. The van der Waals surface area contributed by atoms with Crippen LogP contribution in [0.25, 0.3) is 0 Å². The van der Waals surface area contributed by atoms with Gasteiger partial charge in [0.25, 0.3) is 0 Å². The van der Waals surface area contributed by atoms with Gasteiger partial charge in [-0.05, 0) is 18.9 Å². The molecular formula is C10H20N4O. The van der Waals surface area contributed by atoms with E-state index in [1.807, 2.05) is 0 Å². The Morgan fingerprint density at radius 1 is 1.33 bits per heavy atom. The van der Waals surface area contributed by atoms with Gasteiger partial charge in [-0.3, -0.25) is 0 Å². The van der Waals surface area contributed by atoms with Gasteiger partial charge in [-0.25, -0.2) is 0 Å². The van der Waals surface area contributed by atoms with E-state index in [-0.39, 0.29) is 0 Å². The van der Waals surface area contributed by atoms with Crippen LogP contribution in [-0.2, 0) is 6.54 Å². The zero-order chi connectivity index (χ0) is 11.1. The molecule has 0 amide bonds. The zero-order valence-corrected chi connectivity index (χ0v) is 9.71. The molecule has 5 nitrogen and oxygen atoms in total. The van der Waals surface area contributed by atoms with E-state index in [9.17, 15) is 0 Å². The predicted molar refractivity (Wildman–Crippen MR) is 59.6 cm³/mol. The number of hydrogen-bond acceptors (Lipinski definition) is 5. The highest BCUT2D eigenvalue weighted by atomic mass is 16.4. The van der Waals surface area contributed by atoms with Crippen LogP contribution >= 0.6 is 0 Å². The average molecular weight is 212 g/mol. The summed E-state index contributed by atoms with van der Waals surface area (Å²) in [4.78, 5) is 0. The molecule has 0 spiro atoms. The summed E-state index contributed by atoms with van der Waals surface area (Å²) in [5.41, 5.74) is 0. The maximum atomic E-state index is 5.37. The van der Waals surface area contributed by atoms with Gasteiger partial charge in [0.2, 0.25) is 5.89 Å². The van der Waals surface area contributed by atoms with Gasteiger partial charge in [0.1, 0.15) is 0 Å². The Kier molecular flexibility index (Phi) is 5.10. The lowest BCUT2D eigenvalue weighted by Gasteiger charge is -2.03. The molecule has 0 fully saturated rings. The standard InChI is InChI=1S/C10H20N4O/c1-4-5-12-10-14-13-9(15-10)7-11-6-8(2)3/h8,11H,4-7H2,1-3H3,(H,12,14). The minimum Gasteiger partial charge on any atom is -0.407 e. The highest BCUT2D eigenvalue weighted by molar-refractivity contribution is 5.16. The molecule has 0 aromatic carbocycles. The number of nitrogens with zero attached hydrogens (tertiary/aromatic N) is 2. The molecule has 0 unspecified atom stereocenters. The quantitative estimate of drug-likeness (QED) is 0.719. The van der Waals surface area contributed by atoms with E-state index in [2.05, 4.69) is 41.6 Å². The van der Waals surface area contributed by atoms with Crippen LogP contribution in [0.1, 0.15) is 33.1 Å². The Balaban J connectivity index is 2.26. The molecule has 2 N–H and O–H groups in total. The van der Waals surface area contributed by atoms with Gasteiger partial charge in [0.15, 0.2) is 0 Å². The second-order valence-corrected chi connectivity index (χ2v) is 3.95. The van der Waals surface area contributed by atoms with Gasteiger partial charge >= 0.3 is 6.01 Å². The maximum Gasteiger partial charge on any atom is 0.315 e. The minimum absolute atomic E-state index is 0.512. The number of nitrogens with one attached hydrogen (secondary N) is 2. The molecule has 0 aliphatic rings. The molecule has 0 radical (unpaired) electrons. The van der Waals surface area contributed by atoms with Crippen molar-refractivity contribution < 1.29 is 4.42 Å². The fraction of sp³-hybridized carbons (Fsp3) is 0.800. The van der Waals surface area contributed by atoms with E-state index < -0.39 is 0 Å². The van der Waals surface area contributed by atoms with Gasteiger partial charge in [0, 0.05) is 6.54 Å². The van der Waals surface area contributed by atoms with Crippen LogP contribution in [0.3, 0.4) is 0 Å². The minimum atomic E-state index is 0.512. The Morgan fingerprint density at radius 3 is 2.80 bits per heavy atom. The van der Waals surface area contributed by atoms with Crippen LogP contribution in [0, 0.1) is 5.92 Å². The number of hydrogen-bond donors (Lipinski definition) is 2. The predicted octanol–water partition coefficient (Wildman–Crippen LogP) is 1.64. The average Bonchev–Trinajstić information content (AvgIpc) is 2.62. The van der Waals surface area contributed by atoms with E-state index in [0.29, 0.717) is 24.4 Å². The van der Waals surface area contributed by atoms with Crippen molar-refractivity contribution in [2.75, 3.05) is 18.4 Å². The summed E-state index contributed by atoms with van der Waals surface area (Å²) in [6.45, 7) is 8.87. The number of anilines is 1. The van der Waals surface area contributed by atoms with E-state index >= 15 is 0 Å². The van der Waals surface area contributed by atoms with Crippen LogP contribution in [-0.4, -0.2) is 23.3 Å². The lowest BCUT2D eigenvalue weighted by molar-refractivity contribution is 0.458. The SMILES string of the molecule is CCCNc1nnc(CNCC(C)C)o1. The van der Waals surface area contributed by atoms with Gasteiger partial charge in [-0.15, -0.1) is 5.10 Å². The lowest BCUT2D eigenvalue weighted by atomic mass is 10.2. The highest BCUT2D eigenvalue weighted by Crippen LogP contribution is 2.04. The summed E-state index contributed by atoms with van der Waals surface area (Å²) in [6, 6.07) is 0.512. The molecule has 1 aromatic rings. The first kappa shape index (κ1) is 12.0. The smallest absolute Gasteiger partial charge is 0.315 e. The molecule has 0 aliphatic carbocycles. The molecule has 5 heteroatoms. The Morgan fingerprint density at radius 2 is 2.13 bits per heavy atom. The van der Waals surface area contributed by atoms with E-state index in [1.165, 1.54) is 0 Å². The van der Waals surface area contributed by atoms with Gasteiger partial charge in [-0.1, -0.05) is 25.9 Å². The van der Waals surface area contributed by atoms with Crippen molar-refractivity contribution in [2.24, 2.45) is 5.92 Å². The van der Waals surface area contributed by atoms with Crippen molar-refractivity contribution >= 4 is 6.01 Å². The van der Waals surface area contributed by atoms with E-state index in [0.717, 1.165) is 19.5 Å². The van der Waals surface area contributed by atoms with Crippen molar-refractivity contribution in [1.29, 1.82) is 0 Å². The fourth-order valence-electron chi connectivity index (χ4n) is 1.10. The number of rotatable bonds is 7. The molecule has 0 atom stereocenters. The van der Waals surface area contributed by atoms with Crippen LogP contribution in [0.5, 0.6) is 0 Å². The Hall–Kier alpha value is -1.10. The van der Waals surface area contributed by atoms with Gasteiger partial charge in [-0.2, -0.15) is 0 Å². The largest absolute Gasteiger partial charge is 0.407 e. The Labute approximate surface area is 90.7 Å². The molecule has 15 heavy (non-hydrogen) atoms. The van der Waals surface area contributed by atoms with Gasteiger partial charge < -0.3 is 15.1 Å². The lowest BCUT2D eigenvalue weighted by Crippen LogP contribution is -2.19. The first-order valence-corrected chi connectivity index (χ1v) is 5.49. The molecule has 1 rings (SSSR count). The number of aromatic nitrogens is 2. The third-order valence-electron chi connectivity index (χ3n) is 1.82. The third-order valence-corrected chi connectivity index (χ3v) is 1.82. The Bertz CT molecular complexity index is 272. The highest BCUT2D eigenvalue weighted by Gasteiger charge is 2.04. The van der Waals surface area contributed by atoms with Crippen LogP contribution < -0.4 is 10.6 Å². The molecule has 86 valence electrons. The monoisotopic (exact) mass is 212 g/mol. The second-order valence-electron chi connectivity index (χ2n) is 3.95. The first-order chi connectivity index (χ1) is 7.22. The normalized spacial score (nSPS) is 10.9. The topological polar surface area (TPSA) is 63.0 Å². The van der Waals surface area contributed by atoms with Gasteiger partial charge in [0.05, 0.1) is 6.54 Å². The van der Waals surface area contributed by atoms with Crippen molar-refractivity contribution in [3.63, 3.8) is 0 Å². The van der Waals surface area contributed by atoms with Crippen molar-refractivity contribution in [2.45, 2.75) is 33.7 Å². The summed E-state index contributed by atoms with van der Waals surface area (Å²) in [7, 11) is 0. The molecule has 1 aromatic heterocycles. The molecular weight excluding hydrogens is 192 g/mol. The van der Waals surface area contributed by atoms with Crippen LogP contribution in [0.4, 0.5) is 6.01 Å². The second kappa shape index (κ2) is 6.40. The van der Waals surface area contributed by atoms with E-state index in [4.69, 9.17) is 4.42 Å². The molecule has 0 aliphatic heterocycles. The summed E-state index contributed by atoms with van der Waals surface area (Å²) >= 11 is 0. The summed E-state index contributed by atoms with van der Waals surface area (Å²) in [5, 5.41) is 14.1. The summed E-state index contributed by atoms with van der Waals surface area (Å²) < 4.78 is 5.37.